The first-order valence-electron chi connectivity index (χ1n) is 10.0. The molecule has 170 valence electrons. The number of halogens is 1. The number of benzene rings is 2. The Morgan fingerprint density at radius 2 is 1.85 bits per heavy atom. The van der Waals surface area contributed by atoms with E-state index in [1.54, 1.807) is 17.6 Å². The van der Waals surface area contributed by atoms with E-state index < -0.39 is 6.09 Å². The summed E-state index contributed by atoms with van der Waals surface area (Å²) in [6.07, 6.45) is 2.40. The highest BCUT2D eigenvalue weighted by Crippen LogP contribution is 2.29. The lowest BCUT2D eigenvalue weighted by Gasteiger charge is -2.08. The number of hydrogen-bond donors (Lipinski definition) is 2. The second kappa shape index (κ2) is 9.38. The third kappa shape index (κ3) is 4.92. The molecule has 3 heterocycles. The molecule has 34 heavy (non-hydrogen) atoms. The monoisotopic (exact) mass is 492 g/mol. The van der Waals surface area contributed by atoms with Gasteiger partial charge in [-0.2, -0.15) is 0 Å². The molecule has 0 aliphatic rings. The quantitative estimate of drug-likeness (QED) is 0.290. The summed E-state index contributed by atoms with van der Waals surface area (Å²) in [5, 5.41) is 8.67. The summed E-state index contributed by atoms with van der Waals surface area (Å²) >= 11 is 7.25. The van der Waals surface area contributed by atoms with Gasteiger partial charge in [-0.15, -0.1) is 11.3 Å². The van der Waals surface area contributed by atoms with Crippen molar-refractivity contribution in [1.82, 2.24) is 19.5 Å². The lowest BCUT2D eigenvalue weighted by atomic mass is 10.3. The molecule has 5 aromatic rings. The van der Waals surface area contributed by atoms with Gasteiger partial charge in [0.05, 0.1) is 11.0 Å². The van der Waals surface area contributed by atoms with Gasteiger partial charge >= 0.3 is 6.09 Å². The summed E-state index contributed by atoms with van der Waals surface area (Å²) in [7, 11) is 1.93. The van der Waals surface area contributed by atoms with Gasteiger partial charge in [0, 0.05) is 47.7 Å². The molecule has 0 saturated heterocycles. The molecule has 0 unspecified atom stereocenters. The topological polar surface area (TPSA) is 103 Å². The fourth-order valence-electron chi connectivity index (χ4n) is 3.16. The Labute approximate surface area is 203 Å². The lowest BCUT2D eigenvalue weighted by Crippen LogP contribution is -2.17. The van der Waals surface area contributed by atoms with Gasteiger partial charge in [0.2, 0.25) is 11.8 Å². The fourth-order valence-corrected chi connectivity index (χ4v) is 3.80. The zero-order chi connectivity index (χ0) is 23.5. The number of amides is 1. The molecule has 1 amide bonds. The van der Waals surface area contributed by atoms with Gasteiger partial charge in [0.25, 0.3) is 0 Å². The van der Waals surface area contributed by atoms with Gasteiger partial charge in [0.1, 0.15) is 11.5 Å². The number of imidazole rings is 1. The Hall–Kier alpha value is -4.15. The minimum atomic E-state index is -0.685. The summed E-state index contributed by atoms with van der Waals surface area (Å²) in [6.45, 7) is 0. The first-order valence-corrected chi connectivity index (χ1v) is 11.3. The predicted molar refractivity (Wildman–Crippen MR) is 132 cm³/mol. The minimum Gasteiger partial charge on any atom is -0.457 e. The number of nitrogens with zero attached hydrogens (tertiary/aromatic N) is 4. The first-order chi connectivity index (χ1) is 16.5. The SMILES string of the molecule is Cn1c(Nc2ccc(Cl)cc2)nc2cc(Oc3ccnc(OC(=O)Nc4nccs4)c3)ccc21. The number of aryl methyl sites for hydroxylation is 1. The Morgan fingerprint density at radius 1 is 1.03 bits per heavy atom. The molecule has 0 atom stereocenters. The van der Waals surface area contributed by atoms with Crippen LogP contribution in [0.3, 0.4) is 0 Å². The number of nitrogens with one attached hydrogen (secondary N) is 2. The molecule has 0 fully saturated rings. The van der Waals surface area contributed by atoms with E-state index in [1.165, 1.54) is 23.6 Å². The first kappa shape index (κ1) is 21.7. The molecule has 11 heteroatoms. The number of carbonyl (C=O) groups excluding carboxylic acids is 1. The van der Waals surface area contributed by atoms with Crippen LogP contribution in [0.15, 0.2) is 72.4 Å². The molecule has 0 bridgehead atoms. The summed E-state index contributed by atoms with van der Waals surface area (Å²) in [5.41, 5.74) is 2.56. The Kier molecular flexibility index (Phi) is 5.98. The van der Waals surface area contributed by atoms with E-state index >= 15 is 0 Å². The van der Waals surface area contributed by atoms with Crippen LogP contribution >= 0.6 is 22.9 Å². The number of ether oxygens (including phenoxy) is 2. The van der Waals surface area contributed by atoms with Gasteiger partial charge in [-0.25, -0.2) is 19.7 Å². The molecule has 2 aromatic carbocycles. The third-order valence-electron chi connectivity index (χ3n) is 4.73. The number of thiazole rings is 1. The number of carbonyl (C=O) groups is 1. The van der Waals surface area contributed by atoms with E-state index in [1.807, 2.05) is 54.1 Å². The summed E-state index contributed by atoms with van der Waals surface area (Å²) in [4.78, 5) is 24.7. The van der Waals surface area contributed by atoms with Gasteiger partial charge in [-0.05, 0) is 42.5 Å². The van der Waals surface area contributed by atoms with E-state index in [2.05, 4.69) is 25.6 Å². The van der Waals surface area contributed by atoms with Crippen LogP contribution in [0.5, 0.6) is 17.4 Å². The lowest BCUT2D eigenvalue weighted by molar-refractivity contribution is 0.213. The average Bonchev–Trinajstić information content (AvgIpc) is 3.43. The summed E-state index contributed by atoms with van der Waals surface area (Å²) in [5.74, 6) is 1.81. The Bertz CT molecular complexity index is 1450. The van der Waals surface area contributed by atoms with Crippen molar-refractivity contribution < 1.29 is 14.3 Å². The molecule has 0 spiro atoms. The van der Waals surface area contributed by atoms with Crippen LogP contribution in [0.4, 0.5) is 21.6 Å². The van der Waals surface area contributed by atoms with Crippen LogP contribution in [0.2, 0.25) is 5.02 Å². The van der Waals surface area contributed by atoms with Crippen molar-refractivity contribution in [2.24, 2.45) is 7.05 Å². The molecule has 3 aromatic heterocycles. The highest BCUT2D eigenvalue weighted by molar-refractivity contribution is 7.13. The van der Waals surface area contributed by atoms with Crippen LogP contribution in [0.25, 0.3) is 11.0 Å². The van der Waals surface area contributed by atoms with E-state index in [9.17, 15) is 4.79 Å². The van der Waals surface area contributed by atoms with Crippen molar-refractivity contribution in [3.05, 3.63) is 77.4 Å². The van der Waals surface area contributed by atoms with Crippen molar-refractivity contribution in [2.75, 3.05) is 10.6 Å². The van der Waals surface area contributed by atoms with Gasteiger partial charge in [-0.1, -0.05) is 11.6 Å². The Balaban J connectivity index is 1.30. The zero-order valence-corrected chi connectivity index (χ0v) is 19.3. The maximum absolute atomic E-state index is 12.0. The fraction of sp³-hybridized carbons (Fsp3) is 0.0435. The molecule has 5 rings (SSSR count). The number of anilines is 3. The molecule has 0 saturated carbocycles. The number of rotatable bonds is 6. The molecule has 2 N–H and O–H groups in total. The average molecular weight is 493 g/mol. The van der Waals surface area contributed by atoms with Crippen LogP contribution in [-0.2, 0) is 7.05 Å². The van der Waals surface area contributed by atoms with Crippen LogP contribution in [-0.4, -0.2) is 25.6 Å². The predicted octanol–water partition coefficient (Wildman–Crippen LogP) is 6.23. The highest BCUT2D eigenvalue weighted by atomic mass is 35.5. The standard InChI is InChI=1S/C23H17ClN6O3S/c1-30-19-7-6-16(12-18(19)28-21(30)27-15-4-2-14(24)3-5-15)32-17-8-9-25-20(13-17)33-23(31)29-22-26-10-11-34-22/h2-13H,1H3,(H,27,28)(H,26,29,31). The number of aromatic nitrogens is 4. The largest absolute Gasteiger partial charge is 0.457 e. The maximum Gasteiger partial charge on any atom is 0.420 e. The zero-order valence-electron chi connectivity index (χ0n) is 17.7. The molecule has 9 nitrogen and oxygen atoms in total. The minimum absolute atomic E-state index is 0.0971. The van der Waals surface area contributed by atoms with Crippen molar-refractivity contribution in [1.29, 1.82) is 0 Å². The molecule has 0 radical (unpaired) electrons. The summed E-state index contributed by atoms with van der Waals surface area (Å²) in [6, 6.07) is 16.2. The summed E-state index contributed by atoms with van der Waals surface area (Å²) < 4.78 is 13.1. The second-order valence-electron chi connectivity index (χ2n) is 7.06. The molecular formula is C23H17ClN6O3S. The van der Waals surface area contributed by atoms with E-state index in [0.29, 0.717) is 27.6 Å². The second-order valence-corrected chi connectivity index (χ2v) is 8.39. The van der Waals surface area contributed by atoms with Crippen molar-refractivity contribution in [3.63, 3.8) is 0 Å². The van der Waals surface area contributed by atoms with Crippen LogP contribution in [0.1, 0.15) is 0 Å². The highest BCUT2D eigenvalue weighted by Gasteiger charge is 2.12. The number of hydrogen-bond acceptors (Lipinski definition) is 8. The van der Waals surface area contributed by atoms with Gasteiger partial charge < -0.3 is 19.4 Å². The van der Waals surface area contributed by atoms with Gasteiger partial charge in [-0.3, -0.25) is 5.32 Å². The smallest absolute Gasteiger partial charge is 0.420 e. The molecule has 0 aliphatic heterocycles. The van der Waals surface area contributed by atoms with Crippen LogP contribution in [0, 0.1) is 0 Å². The van der Waals surface area contributed by atoms with Crippen molar-refractivity contribution >= 4 is 56.8 Å². The number of pyridine rings is 1. The van der Waals surface area contributed by atoms with E-state index in [-0.39, 0.29) is 5.88 Å². The van der Waals surface area contributed by atoms with Crippen molar-refractivity contribution in [2.45, 2.75) is 0 Å². The molecule has 0 aliphatic carbocycles. The van der Waals surface area contributed by atoms with Gasteiger partial charge in [0.15, 0.2) is 5.13 Å². The van der Waals surface area contributed by atoms with E-state index in [4.69, 9.17) is 21.1 Å². The normalized spacial score (nSPS) is 10.8. The van der Waals surface area contributed by atoms with Crippen molar-refractivity contribution in [3.8, 4) is 17.4 Å². The number of fused-ring (bicyclic) bond motifs is 1. The molecular weight excluding hydrogens is 476 g/mol. The van der Waals surface area contributed by atoms with E-state index in [0.717, 1.165) is 16.7 Å². The Morgan fingerprint density at radius 3 is 2.65 bits per heavy atom. The van der Waals surface area contributed by atoms with Crippen LogP contribution < -0.4 is 20.1 Å². The maximum atomic E-state index is 12.0. The third-order valence-corrected chi connectivity index (χ3v) is 5.67.